The minimum atomic E-state index is -0.0872. The maximum absolute atomic E-state index is 11.6. The third kappa shape index (κ3) is 11.6. The van der Waals surface area contributed by atoms with Crippen LogP contribution in [0.1, 0.15) is 26.7 Å². The van der Waals surface area contributed by atoms with Crippen molar-refractivity contribution in [1.29, 1.82) is 0 Å². The number of carbonyl (C=O) groups is 1. The van der Waals surface area contributed by atoms with Gasteiger partial charge in [-0.3, -0.25) is 0 Å². The summed E-state index contributed by atoms with van der Waals surface area (Å²) in [6.07, 6.45) is 9.55. The average molecular weight is 282 g/mol. The summed E-state index contributed by atoms with van der Waals surface area (Å²) >= 11 is 0. The molecule has 3 N–H and O–H groups in total. The Labute approximate surface area is 123 Å². The van der Waals surface area contributed by atoms with Crippen molar-refractivity contribution < 1.29 is 4.79 Å². The molecule has 0 aliphatic heterocycles. The summed E-state index contributed by atoms with van der Waals surface area (Å²) in [5.74, 6) is 0. The van der Waals surface area contributed by atoms with Gasteiger partial charge >= 0.3 is 6.03 Å². The van der Waals surface area contributed by atoms with Crippen molar-refractivity contribution in [2.24, 2.45) is 0 Å². The largest absolute Gasteiger partial charge is 0.394 e. The quantitative estimate of drug-likeness (QED) is 0.422. The van der Waals surface area contributed by atoms with E-state index in [1.165, 1.54) is 0 Å². The normalized spacial score (nSPS) is 13.1. The van der Waals surface area contributed by atoms with E-state index in [1.807, 2.05) is 38.4 Å². The number of nitrogens with zero attached hydrogens (tertiary/aromatic N) is 1. The van der Waals surface area contributed by atoms with Crippen LogP contribution in [0.2, 0.25) is 0 Å². The van der Waals surface area contributed by atoms with Crippen molar-refractivity contribution in [2.75, 3.05) is 33.7 Å². The third-order valence-corrected chi connectivity index (χ3v) is 2.97. The molecule has 20 heavy (non-hydrogen) atoms. The van der Waals surface area contributed by atoms with Crippen LogP contribution in [0.3, 0.4) is 0 Å². The van der Waals surface area contributed by atoms with Crippen LogP contribution >= 0.6 is 0 Å². The first-order valence-corrected chi connectivity index (χ1v) is 7.32. The topological polar surface area (TPSA) is 56.4 Å². The first-order chi connectivity index (χ1) is 9.60. The highest BCUT2D eigenvalue weighted by atomic mass is 16.2. The number of hydrogen-bond donors (Lipinski definition) is 3. The Hall–Kier alpha value is -1.49. The van der Waals surface area contributed by atoms with Gasteiger partial charge in [0, 0.05) is 19.6 Å². The van der Waals surface area contributed by atoms with Crippen molar-refractivity contribution in [3.63, 3.8) is 0 Å². The molecule has 0 saturated heterocycles. The second kappa shape index (κ2) is 12.5. The third-order valence-electron chi connectivity index (χ3n) is 2.97. The minimum absolute atomic E-state index is 0.0872. The minimum Gasteiger partial charge on any atom is -0.394 e. The Balaban J connectivity index is 3.62. The number of carbonyl (C=O) groups excluding carboxylic acids is 1. The van der Waals surface area contributed by atoms with Crippen molar-refractivity contribution in [3.8, 4) is 0 Å². The zero-order chi connectivity index (χ0) is 15.2. The van der Waals surface area contributed by atoms with Crippen LogP contribution in [0.5, 0.6) is 0 Å². The molecule has 0 spiro atoms. The zero-order valence-corrected chi connectivity index (χ0v) is 13.3. The molecular formula is C15H30N4O. The van der Waals surface area contributed by atoms with E-state index in [0.717, 1.165) is 25.9 Å². The van der Waals surface area contributed by atoms with Crippen LogP contribution in [0, 0.1) is 0 Å². The summed E-state index contributed by atoms with van der Waals surface area (Å²) in [6, 6.07) is 0.105. The van der Waals surface area contributed by atoms with Crippen LogP contribution in [0.4, 0.5) is 4.79 Å². The van der Waals surface area contributed by atoms with Gasteiger partial charge in [0.05, 0.1) is 0 Å². The van der Waals surface area contributed by atoms with Gasteiger partial charge in [-0.25, -0.2) is 4.79 Å². The number of amides is 2. The van der Waals surface area contributed by atoms with E-state index in [9.17, 15) is 4.79 Å². The van der Waals surface area contributed by atoms with E-state index in [0.29, 0.717) is 6.54 Å². The molecule has 0 heterocycles. The zero-order valence-electron chi connectivity index (χ0n) is 13.3. The average Bonchev–Trinajstić information content (AvgIpc) is 2.43. The maximum Gasteiger partial charge on any atom is 0.315 e. The highest BCUT2D eigenvalue weighted by Gasteiger charge is 2.06. The van der Waals surface area contributed by atoms with Crippen LogP contribution < -0.4 is 16.0 Å². The lowest BCUT2D eigenvalue weighted by molar-refractivity contribution is 0.235. The molecule has 2 amide bonds. The first kappa shape index (κ1) is 18.5. The number of hydrogen-bond acceptors (Lipinski definition) is 3. The van der Waals surface area contributed by atoms with Gasteiger partial charge in [0.15, 0.2) is 0 Å². The summed E-state index contributed by atoms with van der Waals surface area (Å²) in [6.45, 7) is 6.85. The molecule has 0 rings (SSSR count). The number of allylic oxidation sites excluding steroid dienone is 2. The number of nitrogens with one attached hydrogen (secondary N) is 3. The summed E-state index contributed by atoms with van der Waals surface area (Å²) in [5.41, 5.74) is 0. The van der Waals surface area contributed by atoms with E-state index < -0.39 is 0 Å². The standard InChI is InChI=1S/C15H30N4O/c1-5-19(4)13-10-14(2)18-15(20)17-12-9-7-6-8-11-16-3/h6-8,11,14,16H,5,9-10,12-13H2,1-4H3,(H2,17,18,20)/b7-6-,11-8-. The molecule has 0 aromatic heterocycles. The summed E-state index contributed by atoms with van der Waals surface area (Å²) < 4.78 is 0. The van der Waals surface area contributed by atoms with Crippen molar-refractivity contribution in [1.82, 2.24) is 20.9 Å². The number of rotatable bonds is 10. The highest BCUT2D eigenvalue weighted by molar-refractivity contribution is 5.74. The fourth-order valence-corrected chi connectivity index (χ4v) is 1.51. The smallest absolute Gasteiger partial charge is 0.315 e. The molecule has 116 valence electrons. The fraction of sp³-hybridized carbons (Fsp3) is 0.667. The van der Waals surface area contributed by atoms with Crippen LogP contribution in [-0.2, 0) is 0 Å². The van der Waals surface area contributed by atoms with Gasteiger partial charge in [-0.15, -0.1) is 0 Å². The first-order valence-electron chi connectivity index (χ1n) is 7.32. The maximum atomic E-state index is 11.6. The second-order valence-electron chi connectivity index (χ2n) is 4.85. The molecular weight excluding hydrogens is 252 g/mol. The highest BCUT2D eigenvalue weighted by Crippen LogP contribution is 1.93. The molecule has 0 aliphatic rings. The van der Waals surface area contributed by atoms with Crippen molar-refractivity contribution in [3.05, 3.63) is 24.4 Å². The van der Waals surface area contributed by atoms with Gasteiger partial charge in [0.25, 0.3) is 0 Å². The summed E-state index contributed by atoms with van der Waals surface area (Å²) in [4.78, 5) is 13.9. The van der Waals surface area contributed by atoms with Crippen LogP contribution in [0.15, 0.2) is 24.4 Å². The Kier molecular flexibility index (Phi) is 11.6. The SMILES string of the molecule is CCN(C)CCC(C)NC(=O)NCC/C=C\C=C/NC. The van der Waals surface area contributed by atoms with Gasteiger partial charge < -0.3 is 20.9 Å². The molecule has 0 aliphatic carbocycles. The lowest BCUT2D eigenvalue weighted by atomic mass is 10.2. The number of urea groups is 1. The van der Waals surface area contributed by atoms with Gasteiger partial charge in [-0.2, -0.15) is 0 Å². The molecule has 5 nitrogen and oxygen atoms in total. The second-order valence-corrected chi connectivity index (χ2v) is 4.85. The Morgan fingerprint density at radius 1 is 1.35 bits per heavy atom. The molecule has 0 aromatic carbocycles. The summed E-state index contributed by atoms with van der Waals surface area (Å²) in [7, 11) is 3.94. The van der Waals surface area contributed by atoms with Gasteiger partial charge in [0.1, 0.15) is 0 Å². The predicted molar refractivity (Wildman–Crippen MR) is 85.7 cm³/mol. The Morgan fingerprint density at radius 2 is 2.10 bits per heavy atom. The van der Waals surface area contributed by atoms with E-state index >= 15 is 0 Å². The van der Waals surface area contributed by atoms with Crippen molar-refractivity contribution >= 4 is 6.03 Å². The molecule has 0 fully saturated rings. The van der Waals surface area contributed by atoms with E-state index in [4.69, 9.17) is 0 Å². The van der Waals surface area contributed by atoms with Gasteiger partial charge in [-0.1, -0.05) is 19.1 Å². The van der Waals surface area contributed by atoms with Crippen LogP contribution in [-0.4, -0.2) is 50.7 Å². The molecule has 1 unspecified atom stereocenters. The van der Waals surface area contributed by atoms with E-state index in [1.54, 1.807) is 0 Å². The lowest BCUT2D eigenvalue weighted by Crippen LogP contribution is -2.42. The van der Waals surface area contributed by atoms with Crippen molar-refractivity contribution in [2.45, 2.75) is 32.7 Å². The molecule has 5 heteroatoms. The molecule has 0 radical (unpaired) electrons. The fourth-order valence-electron chi connectivity index (χ4n) is 1.51. The molecule has 0 bridgehead atoms. The molecule has 0 saturated carbocycles. The monoisotopic (exact) mass is 282 g/mol. The van der Waals surface area contributed by atoms with Gasteiger partial charge in [0.2, 0.25) is 0 Å². The van der Waals surface area contributed by atoms with E-state index in [-0.39, 0.29) is 12.1 Å². The Bertz CT molecular complexity index is 302. The molecule has 1 atom stereocenters. The summed E-state index contributed by atoms with van der Waals surface area (Å²) in [5, 5.41) is 8.70. The molecule has 0 aromatic rings. The van der Waals surface area contributed by atoms with Gasteiger partial charge in [-0.05, 0) is 52.2 Å². The lowest BCUT2D eigenvalue weighted by Gasteiger charge is -2.18. The van der Waals surface area contributed by atoms with E-state index in [2.05, 4.69) is 34.8 Å². The predicted octanol–water partition coefficient (Wildman–Crippen LogP) is 1.70. The Morgan fingerprint density at radius 3 is 2.75 bits per heavy atom. The van der Waals surface area contributed by atoms with Crippen LogP contribution in [0.25, 0.3) is 0 Å².